The van der Waals surface area contributed by atoms with Gasteiger partial charge in [0.05, 0.1) is 29.9 Å². The fraction of sp³-hybridized carbons (Fsp3) is 0.500. The normalized spacial score (nSPS) is 21.7. The number of carbonyl (C=O) groups is 2. The lowest BCUT2D eigenvalue weighted by Crippen LogP contribution is -2.17. The molecule has 1 aliphatic rings. The standard InChI is InChI=1S/C12H15N3O3/c1-6(2)10-13-4-7(5-14-10)15-11(16)8-3-9(8)12(17)18/h4-6,8-9H,3H2,1-2H3,(H,15,16)(H,17,18)/t8-,9-/m1/s1. The van der Waals surface area contributed by atoms with E-state index >= 15 is 0 Å². The average molecular weight is 249 g/mol. The number of nitrogens with one attached hydrogen (secondary N) is 1. The van der Waals surface area contributed by atoms with Gasteiger partial charge in [-0.3, -0.25) is 9.59 Å². The van der Waals surface area contributed by atoms with Crippen molar-refractivity contribution in [1.82, 2.24) is 9.97 Å². The number of aliphatic carboxylic acids is 1. The van der Waals surface area contributed by atoms with E-state index in [1.807, 2.05) is 13.8 Å². The minimum absolute atomic E-state index is 0.231. The molecule has 1 amide bonds. The highest BCUT2D eigenvalue weighted by Gasteiger charge is 2.48. The van der Waals surface area contributed by atoms with Gasteiger partial charge >= 0.3 is 5.97 Å². The average Bonchev–Trinajstić information content (AvgIpc) is 3.09. The molecule has 6 heteroatoms. The summed E-state index contributed by atoms with van der Waals surface area (Å²) < 4.78 is 0. The number of amides is 1. The monoisotopic (exact) mass is 249 g/mol. The number of aromatic nitrogens is 2. The molecule has 0 aromatic carbocycles. The summed E-state index contributed by atoms with van der Waals surface area (Å²) in [5.41, 5.74) is 0.500. The second kappa shape index (κ2) is 4.72. The molecule has 6 nitrogen and oxygen atoms in total. The Hall–Kier alpha value is -1.98. The molecule has 1 aromatic rings. The number of carboxylic acid groups (broad SMARTS) is 1. The summed E-state index contributed by atoms with van der Waals surface area (Å²) in [4.78, 5) is 30.6. The van der Waals surface area contributed by atoms with Crippen molar-refractivity contribution in [1.29, 1.82) is 0 Å². The van der Waals surface area contributed by atoms with Gasteiger partial charge in [-0.15, -0.1) is 0 Å². The Morgan fingerprint density at radius 1 is 1.33 bits per heavy atom. The highest BCUT2D eigenvalue weighted by molar-refractivity contribution is 5.97. The molecule has 0 spiro atoms. The first-order chi connectivity index (χ1) is 8.49. The van der Waals surface area contributed by atoms with Crippen LogP contribution in [0.25, 0.3) is 0 Å². The van der Waals surface area contributed by atoms with Crippen molar-refractivity contribution >= 4 is 17.6 Å². The van der Waals surface area contributed by atoms with Crippen LogP contribution in [-0.4, -0.2) is 27.0 Å². The molecule has 0 saturated heterocycles. The number of rotatable bonds is 4. The Balaban J connectivity index is 1.94. The summed E-state index contributed by atoms with van der Waals surface area (Å²) in [5, 5.41) is 11.4. The van der Waals surface area contributed by atoms with Gasteiger partial charge in [-0.25, -0.2) is 9.97 Å². The van der Waals surface area contributed by atoms with Gasteiger partial charge in [-0.2, -0.15) is 0 Å². The van der Waals surface area contributed by atoms with Crippen molar-refractivity contribution in [3.63, 3.8) is 0 Å². The van der Waals surface area contributed by atoms with Crippen LogP contribution in [0, 0.1) is 11.8 Å². The second-order valence-corrected chi connectivity index (χ2v) is 4.76. The van der Waals surface area contributed by atoms with Crippen molar-refractivity contribution in [2.45, 2.75) is 26.2 Å². The van der Waals surface area contributed by atoms with Crippen molar-refractivity contribution in [2.75, 3.05) is 5.32 Å². The summed E-state index contributed by atoms with van der Waals surface area (Å²) in [6, 6.07) is 0. The van der Waals surface area contributed by atoms with E-state index in [0.29, 0.717) is 17.9 Å². The van der Waals surface area contributed by atoms with Crippen LogP contribution >= 0.6 is 0 Å². The summed E-state index contributed by atoms with van der Waals surface area (Å²) in [6.45, 7) is 3.96. The first-order valence-corrected chi connectivity index (χ1v) is 5.84. The lowest BCUT2D eigenvalue weighted by atomic mass is 10.2. The highest BCUT2D eigenvalue weighted by atomic mass is 16.4. The van der Waals surface area contributed by atoms with E-state index in [4.69, 9.17) is 5.11 Å². The Bertz CT molecular complexity index is 470. The fourth-order valence-electron chi connectivity index (χ4n) is 1.69. The van der Waals surface area contributed by atoms with Crippen LogP contribution in [0.15, 0.2) is 12.4 Å². The van der Waals surface area contributed by atoms with E-state index in [9.17, 15) is 9.59 Å². The van der Waals surface area contributed by atoms with Crippen LogP contribution < -0.4 is 5.32 Å². The molecule has 1 fully saturated rings. The van der Waals surface area contributed by atoms with Gasteiger partial charge in [-0.05, 0) is 6.42 Å². The number of anilines is 1. The van der Waals surface area contributed by atoms with Gasteiger partial charge in [0.15, 0.2) is 0 Å². The third kappa shape index (κ3) is 2.64. The Labute approximate surface area is 104 Å². The van der Waals surface area contributed by atoms with Crippen molar-refractivity contribution < 1.29 is 14.7 Å². The highest BCUT2D eigenvalue weighted by Crippen LogP contribution is 2.39. The quantitative estimate of drug-likeness (QED) is 0.838. The Morgan fingerprint density at radius 2 is 1.94 bits per heavy atom. The number of hydrogen-bond acceptors (Lipinski definition) is 4. The van der Waals surface area contributed by atoms with E-state index in [-0.39, 0.29) is 11.8 Å². The fourth-order valence-corrected chi connectivity index (χ4v) is 1.69. The Kier molecular flexibility index (Phi) is 3.27. The van der Waals surface area contributed by atoms with E-state index in [1.165, 1.54) is 0 Å². The molecule has 96 valence electrons. The number of carbonyl (C=O) groups excluding carboxylic acids is 1. The summed E-state index contributed by atoms with van der Waals surface area (Å²) in [7, 11) is 0. The van der Waals surface area contributed by atoms with Crippen molar-refractivity contribution in [2.24, 2.45) is 11.8 Å². The largest absolute Gasteiger partial charge is 0.481 e. The smallest absolute Gasteiger partial charge is 0.307 e. The van der Waals surface area contributed by atoms with Crippen LogP contribution in [-0.2, 0) is 9.59 Å². The van der Waals surface area contributed by atoms with Gasteiger partial charge in [0.2, 0.25) is 5.91 Å². The van der Waals surface area contributed by atoms with Gasteiger partial charge in [0, 0.05) is 5.92 Å². The zero-order valence-electron chi connectivity index (χ0n) is 10.3. The lowest BCUT2D eigenvalue weighted by Gasteiger charge is -2.06. The molecule has 1 aliphatic carbocycles. The number of nitrogens with zero attached hydrogens (tertiary/aromatic N) is 2. The van der Waals surface area contributed by atoms with E-state index in [2.05, 4.69) is 15.3 Å². The third-order valence-corrected chi connectivity index (χ3v) is 2.90. The molecule has 1 heterocycles. The molecule has 0 unspecified atom stereocenters. The predicted molar refractivity (Wildman–Crippen MR) is 64.0 cm³/mol. The minimum atomic E-state index is -0.915. The molecular formula is C12H15N3O3. The van der Waals surface area contributed by atoms with Gasteiger partial charge < -0.3 is 10.4 Å². The molecule has 2 N–H and O–H groups in total. The molecule has 2 rings (SSSR count). The van der Waals surface area contributed by atoms with E-state index in [1.54, 1.807) is 12.4 Å². The first-order valence-electron chi connectivity index (χ1n) is 5.84. The lowest BCUT2D eigenvalue weighted by molar-refractivity contribution is -0.139. The van der Waals surface area contributed by atoms with Crippen LogP contribution in [0.4, 0.5) is 5.69 Å². The van der Waals surface area contributed by atoms with Crippen LogP contribution in [0.1, 0.15) is 32.0 Å². The molecule has 18 heavy (non-hydrogen) atoms. The van der Waals surface area contributed by atoms with Crippen molar-refractivity contribution in [3.8, 4) is 0 Å². The SMILES string of the molecule is CC(C)c1ncc(NC(=O)[C@@H]2C[C@H]2C(=O)O)cn1. The topological polar surface area (TPSA) is 92.2 Å². The first kappa shape index (κ1) is 12.5. The Morgan fingerprint density at radius 3 is 2.39 bits per heavy atom. The molecular weight excluding hydrogens is 234 g/mol. The summed E-state index contributed by atoms with van der Waals surface area (Å²) >= 11 is 0. The van der Waals surface area contributed by atoms with Crippen LogP contribution in [0.2, 0.25) is 0 Å². The molecule has 0 radical (unpaired) electrons. The number of carboxylic acids is 1. The molecule has 0 aliphatic heterocycles. The third-order valence-electron chi connectivity index (χ3n) is 2.90. The van der Waals surface area contributed by atoms with E-state index in [0.717, 1.165) is 0 Å². The zero-order chi connectivity index (χ0) is 13.3. The molecule has 1 saturated carbocycles. The minimum Gasteiger partial charge on any atom is -0.481 e. The maximum Gasteiger partial charge on any atom is 0.307 e. The summed E-state index contributed by atoms with van der Waals surface area (Å²) in [5.74, 6) is -1.21. The summed E-state index contributed by atoms with van der Waals surface area (Å²) in [6.07, 6.45) is 3.49. The predicted octanol–water partition coefficient (Wildman–Crippen LogP) is 1.26. The maximum absolute atomic E-state index is 11.7. The number of hydrogen-bond donors (Lipinski definition) is 2. The van der Waals surface area contributed by atoms with Crippen LogP contribution in [0.3, 0.4) is 0 Å². The molecule has 2 atom stereocenters. The van der Waals surface area contributed by atoms with E-state index < -0.39 is 17.8 Å². The van der Waals surface area contributed by atoms with Crippen LogP contribution in [0.5, 0.6) is 0 Å². The van der Waals surface area contributed by atoms with Gasteiger partial charge in [0.1, 0.15) is 5.82 Å². The maximum atomic E-state index is 11.7. The van der Waals surface area contributed by atoms with Gasteiger partial charge in [-0.1, -0.05) is 13.8 Å². The molecule has 0 bridgehead atoms. The second-order valence-electron chi connectivity index (χ2n) is 4.76. The zero-order valence-corrected chi connectivity index (χ0v) is 10.3. The molecule has 1 aromatic heterocycles. The van der Waals surface area contributed by atoms with Crippen molar-refractivity contribution in [3.05, 3.63) is 18.2 Å². The van der Waals surface area contributed by atoms with Gasteiger partial charge in [0.25, 0.3) is 0 Å².